The number of rotatable bonds is 16. The second-order valence-corrected chi connectivity index (χ2v) is 19.3. The number of ether oxygens (including phenoxy) is 1. The Labute approximate surface area is 169 Å². The minimum Gasteiger partial charge on any atom is -0.377 e. The average Bonchev–Trinajstić information content (AvgIpc) is 2.41. The van der Waals surface area contributed by atoms with Gasteiger partial charge in [-0.25, -0.2) is 0 Å². The average molecular weight is 550 g/mol. The smallest absolute Gasteiger partial charge is 0.0671 e. The molecule has 0 amide bonds. The molecule has 0 spiro atoms. The number of halogens is 2. The molecular formula is C18H36I2OSi. The summed E-state index contributed by atoms with van der Waals surface area (Å²) in [4.78, 5) is 0. The highest BCUT2D eigenvalue weighted by atomic mass is 127. The molecule has 0 aromatic heterocycles. The van der Waals surface area contributed by atoms with Crippen LogP contribution in [0.2, 0.25) is 0 Å². The van der Waals surface area contributed by atoms with Crippen molar-refractivity contribution in [2.45, 2.75) is 85.0 Å². The summed E-state index contributed by atoms with van der Waals surface area (Å²) in [6, 6.07) is 0. The van der Waals surface area contributed by atoms with Gasteiger partial charge in [-0.3, -0.25) is 0 Å². The molecule has 0 aliphatic carbocycles. The first kappa shape index (κ1) is 23.4. The van der Waals surface area contributed by atoms with E-state index in [2.05, 4.69) is 51.8 Å². The Bertz CT molecular complexity index is 264. The Kier molecular flexibility index (Phi) is 16.9. The Morgan fingerprint density at radius 1 is 0.864 bits per heavy atom. The minimum atomic E-state index is 0.602. The molecule has 22 heavy (non-hydrogen) atoms. The Hall–Kier alpha value is 1.38. The molecule has 0 atom stereocenters. The van der Waals surface area contributed by atoms with E-state index >= 15 is 0 Å². The van der Waals surface area contributed by atoms with Gasteiger partial charge in [-0.1, -0.05) is 122 Å². The highest BCUT2D eigenvalue weighted by Gasteiger charge is 2.12. The molecule has 0 N–H and O–H groups in total. The number of hydrogen-bond acceptors (Lipinski definition) is 1. The summed E-state index contributed by atoms with van der Waals surface area (Å²) in [7, 11) is 1.31. The molecule has 0 aromatic carbocycles. The van der Waals surface area contributed by atoms with Crippen LogP contribution in [0.4, 0.5) is 0 Å². The molecule has 4 heteroatoms. The topological polar surface area (TPSA) is 9.23 Å². The molecule has 0 heterocycles. The number of unbranched alkanes of at least 4 members (excludes halogenated alkanes) is 10. The first-order chi connectivity index (χ1) is 10.4. The molecule has 1 nitrogen and oxygen atoms in total. The quantitative estimate of drug-likeness (QED) is 0.0737. The van der Waals surface area contributed by atoms with Crippen molar-refractivity contribution >= 4 is 55.4 Å². The van der Waals surface area contributed by atoms with E-state index in [0.717, 1.165) is 18.8 Å². The first-order valence-corrected chi connectivity index (χ1v) is 12.2. The normalized spacial score (nSPS) is 12.0. The van der Waals surface area contributed by atoms with Crippen LogP contribution in [0.15, 0.2) is 12.2 Å². The van der Waals surface area contributed by atoms with Crippen molar-refractivity contribution in [2.75, 3.05) is 13.2 Å². The van der Waals surface area contributed by atoms with Crippen molar-refractivity contribution in [2.24, 2.45) is 0 Å². The highest BCUT2D eigenvalue weighted by Crippen LogP contribution is 2.29. The van der Waals surface area contributed by atoms with Gasteiger partial charge in [0.25, 0.3) is 0 Å². The maximum absolute atomic E-state index is 5.51. The van der Waals surface area contributed by atoms with Gasteiger partial charge in [-0.2, -0.15) is 0 Å². The third-order valence-corrected chi connectivity index (χ3v) is 5.33. The van der Waals surface area contributed by atoms with Crippen molar-refractivity contribution < 1.29 is 4.74 Å². The standard InChI is InChI=1S/C18H36I2OSi/c1-17(2)16-21-15-13-11-9-7-5-3-4-6-8-10-12-14-18(19,20)22/h1,3-16H2,2,22H3. The third-order valence-electron chi connectivity index (χ3n) is 3.75. The van der Waals surface area contributed by atoms with Crippen molar-refractivity contribution in [1.29, 1.82) is 0 Å². The molecule has 0 rings (SSSR count). The minimum absolute atomic E-state index is 0.602. The fourth-order valence-electron chi connectivity index (χ4n) is 2.48. The lowest BCUT2D eigenvalue weighted by Crippen LogP contribution is -2.08. The third kappa shape index (κ3) is 21.4. The molecule has 0 fully saturated rings. The van der Waals surface area contributed by atoms with E-state index in [0.29, 0.717) is 1.05 Å². The van der Waals surface area contributed by atoms with Crippen molar-refractivity contribution in [3.8, 4) is 0 Å². The summed E-state index contributed by atoms with van der Waals surface area (Å²) in [6.07, 6.45) is 16.8. The fourth-order valence-corrected chi connectivity index (χ4v) is 3.59. The molecule has 0 aromatic rings. The maximum Gasteiger partial charge on any atom is 0.0671 e. The van der Waals surface area contributed by atoms with E-state index in [1.54, 1.807) is 0 Å². The second kappa shape index (κ2) is 15.9. The van der Waals surface area contributed by atoms with Crippen LogP contribution in [0.25, 0.3) is 0 Å². The second-order valence-electron chi connectivity index (χ2n) is 6.72. The molecule has 0 radical (unpaired) electrons. The van der Waals surface area contributed by atoms with E-state index in [9.17, 15) is 0 Å². The van der Waals surface area contributed by atoms with Gasteiger partial charge in [-0.05, 0) is 19.8 Å². The Balaban J connectivity index is 3.04. The molecule has 0 unspecified atom stereocenters. The van der Waals surface area contributed by atoms with Gasteiger partial charge in [0.05, 0.1) is 7.66 Å². The molecule has 0 aliphatic heterocycles. The van der Waals surface area contributed by atoms with E-state index < -0.39 is 0 Å². The van der Waals surface area contributed by atoms with E-state index in [1.165, 1.54) is 87.3 Å². The predicted molar refractivity (Wildman–Crippen MR) is 122 cm³/mol. The van der Waals surface area contributed by atoms with Crippen LogP contribution in [-0.4, -0.2) is 24.5 Å². The van der Waals surface area contributed by atoms with Crippen LogP contribution in [0, 0.1) is 0 Å². The lowest BCUT2D eigenvalue weighted by Gasteiger charge is -2.13. The summed E-state index contributed by atoms with van der Waals surface area (Å²) in [5, 5.41) is 0. The predicted octanol–water partition coefficient (Wildman–Crippen LogP) is 6.15. The van der Waals surface area contributed by atoms with Gasteiger partial charge in [0.15, 0.2) is 0 Å². The van der Waals surface area contributed by atoms with Crippen LogP contribution in [0.5, 0.6) is 0 Å². The van der Waals surface area contributed by atoms with Gasteiger partial charge in [0.2, 0.25) is 0 Å². The molecule has 132 valence electrons. The van der Waals surface area contributed by atoms with Crippen LogP contribution < -0.4 is 0 Å². The van der Waals surface area contributed by atoms with Gasteiger partial charge in [-0.15, -0.1) is 0 Å². The van der Waals surface area contributed by atoms with Gasteiger partial charge >= 0.3 is 0 Å². The Morgan fingerprint density at radius 3 is 1.68 bits per heavy atom. The summed E-state index contributed by atoms with van der Waals surface area (Å²) < 4.78 is 6.11. The molecule has 0 saturated carbocycles. The van der Waals surface area contributed by atoms with Crippen LogP contribution in [0.3, 0.4) is 0 Å². The monoisotopic (exact) mass is 550 g/mol. The molecule has 0 bridgehead atoms. The van der Waals surface area contributed by atoms with Gasteiger partial charge in [0.1, 0.15) is 0 Å². The Morgan fingerprint density at radius 2 is 1.27 bits per heavy atom. The molecule has 0 aliphatic rings. The summed E-state index contributed by atoms with van der Waals surface area (Å²) in [5.41, 5.74) is 1.12. The lowest BCUT2D eigenvalue weighted by atomic mass is 10.1. The molecular weight excluding hydrogens is 514 g/mol. The van der Waals surface area contributed by atoms with Crippen LogP contribution in [0.1, 0.15) is 84.0 Å². The summed E-state index contributed by atoms with van der Waals surface area (Å²) in [5.74, 6) is 0. The van der Waals surface area contributed by atoms with Crippen LogP contribution in [-0.2, 0) is 4.74 Å². The lowest BCUT2D eigenvalue weighted by molar-refractivity contribution is 0.151. The number of alkyl halides is 2. The largest absolute Gasteiger partial charge is 0.377 e. The summed E-state index contributed by atoms with van der Waals surface area (Å²) >= 11 is 5.23. The van der Waals surface area contributed by atoms with E-state index in [1.807, 2.05) is 6.92 Å². The number of hydrogen-bond donors (Lipinski definition) is 0. The zero-order chi connectivity index (χ0) is 16.7. The molecule has 0 saturated heterocycles. The fraction of sp³-hybridized carbons (Fsp3) is 0.889. The van der Waals surface area contributed by atoms with Crippen LogP contribution >= 0.6 is 45.2 Å². The first-order valence-electron chi connectivity index (χ1n) is 9.02. The zero-order valence-corrected chi connectivity index (χ0v) is 21.1. The van der Waals surface area contributed by atoms with Gasteiger partial charge in [0, 0.05) is 16.8 Å². The van der Waals surface area contributed by atoms with E-state index in [-0.39, 0.29) is 0 Å². The van der Waals surface area contributed by atoms with E-state index in [4.69, 9.17) is 4.74 Å². The van der Waals surface area contributed by atoms with Crippen molar-refractivity contribution in [1.82, 2.24) is 0 Å². The highest BCUT2D eigenvalue weighted by molar-refractivity contribution is 14.2. The zero-order valence-electron chi connectivity index (χ0n) is 14.8. The maximum atomic E-state index is 5.51. The van der Waals surface area contributed by atoms with Crippen molar-refractivity contribution in [3.63, 3.8) is 0 Å². The van der Waals surface area contributed by atoms with Gasteiger partial charge < -0.3 is 4.74 Å². The SMILES string of the molecule is C=C(C)COCCCCCCCCCCCCCC([SiH3])(I)I. The summed E-state index contributed by atoms with van der Waals surface area (Å²) in [6.45, 7) is 7.50. The van der Waals surface area contributed by atoms with Crippen molar-refractivity contribution in [3.05, 3.63) is 12.2 Å².